The Morgan fingerprint density at radius 2 is 2.17 bits per heavy atom. The maximum Gasteiger partial charge on any atom is 0.228 e. The summed E-state index contributed by atoms with van der Waals surface area (Å²) >= 11 is 0. The third-order valence-electron chi connectivity index (χ3n) is 3.25. The summed E-state index contributed by atoms with van der Waals surface area (Å²) in [5, 5.41) is 0. The third-order valence-corrected chi connectivity index (χ3v) is 3.25. The van der Waals surface area contributed by atoms with Crippen molar-refractivity contribution in [2.75, 3.05) is 43.6 Å². The number of rotatable bonds is 3. The van der Waals surface area contributed by atoms with Crippen LogP contribution in [0.3, 0.4) is 0 Å². The quantitative estimate of drug-likeness (QED) is 0.862. The number of amides is 1. The summed E-state index contributed by atoms with van der Waals surface area (Å²) in [5.41, 5.74) is 7.55. The predicted octanol–water partition coefficient (Wildman–Crippen LogP) is 0.827. The van der Waals surface area contributed by atoms with Crippen molar-refractivity contribution in [1.82, 2.24) is 0 Å². The van der Waals surface area contributed by atoms with E-state index >= 15 is 0 Å². The second-order valence-electron chi connectivity index (χ2n) is 4.33. The summed E-state index contributed by atoms with van der Waals surface area (Å²) in [7, 11) is 3.44. The van der Waals surface area contributed by atoms with Crippen molar-refractivity contribution < 1.29 is 9.53 Å². The minimum atomic E-state index is 0.126. The largest absolute Gasteiger partial charge is 0.497 e. The van der Waals surface area contributed by atoms with Gasteiger partial charge in [-0.15, -0.1) is 0 Å². The number of ether oxygens (including phenoxy) is 1. The molecule has 0 radical (unpaired) electrons. The molecule has 0 bridgehead atoms. The summed E-state index contributed by atoms with van der Waals surface area (Å²) < 4.78 is 5.25. The molecular weight excluding hydrogens is 230 g/mol. The van der Waals surface area contributed by atoms with Crippen LogP contribution in [-0.2, 0) is 4.79 Å². The molecule has 1 aliphatic rings. The van der Waals surface area contributed by atoms with E-state index in [4.69, 9.17) is 10.5 Å². The second kappa shape index (κ2) is 5.27. The van der Waals surface area contributed by atoms with Gasteiger partial charge in [-0.05, 0) is 12.1 Å². The molecule has 98 valence electrons. The Hall–Kier alpha value is -1.75. The van der Waals surface area contributed by atoms with E-state index in [1.165, 1.54) is 0 Å². The first kappa shape index (κ1) is 12.7. The van der Waals surface area contributed by atoms with Crippen LogP contribution in [0.1, 0.15) is 6.42 Å². The number of nitrogens with two attached hydrogens (primary N) is 1. The molecule has 0 saturated heterocycles. The van der Waals surface area contributed by atoms with Gasteiger partial charge in [0.05, 0.1) is 18.5 Å². The zero-order valence-corrected chi connectivity index (χ0v) is 10.8. The molecule has 0 spiro atoms. The molecule has 2 rings (SSSR count). The van der Waals surface area contributed by atoms with E-state index in [9.17, 15) is 4.79 Å². The average molecular weight is 249 g/mol. The van der Waals surface area contributed by atoms with Crippen molar-refractivity contribution >= 4 is 17.3 Å². The molecule has 0 fully saturated rings. The number of carbonyl (C=O) groups excluding carboxylic acids is 1. The molecular formula is C13H19N3O2. The van der Waals surface area contributed by atoms with Gasteiger partial charge >= 0.3 is 0 Å². The molecule has 1 aliphatic heterocycles. The highest BCUT2D eigenvalue weighted by Gasteiger charge is 2.23. The van der Waals surface area contributed by atoms with E-state index in [-0.39, 0.29) is 5.91 Å². The van der Waals surface area contributed by atoms with Gasteiger partial charge in [-0.2, -0.15) is 0 Å². The number of hydrogen-bond acceptors (Lipinski definition) is 4. The first-order valence-electron chi connectivity index (χ1n) is 6.07. The first-order valence-corrected chi connectivity index (χ1v) is 6.07. The molecule has 0 aromatic heterocycles. The molecule has 0 aliphatic carbocycles. The zero-order chi connectivity index (χ0) is 13.1. The minimum Gasteiger partial charge on any atom is -0.497 e. The lowest BCUT2D eigenvalue weighted by Crippen LogP contribution is -2.30. The molecule has 2 N–H and O–H groups in total. The molecule has 1 aromatic rings. The molecule has 0 atom stereocenters. The molecule has 1 heterocycles. The van der Waals surface area contributed by atoms with Gasteiger partial charge < -0.3 is 20.3 Å². The van der Waals surface area contributed by atoms with Gasteiger partial charge in [0.25, 0.3) is 0 Å². The van der Waals surface area contributed by atoms with E-state index in [1.807, 2.05) is 18.2 Å². The van der Waals surface area contributed by atoms with Crippen LogP contribution in [-0.4, -0.2) is 39.7 Å². The predicted molar refractivity (Wildman–Crippen MR) is 72.3 cm³/mol. The van der Waals surface area contributed by atoms with E-state index in [2.05, 4.69) is 4.90 Å². The Morgan fingerprint density at radius 3 is 2.83 bits per heavy atom. The zero-order valence-electron chi connectivity index (χ0n) is 10.8. The van der Waals surface area contributed by atoms with Crippen molar-refractivity contribution in [1.29, 1.82) is 0 Å². The van der Waals surface area contributed by atoms with Gasteiger partial charge in [-0.1, -0.05) is 0 Å². The summed E-state index contributed by atoms with van der Waals surface area (Å²) in [5.74, 6) is 0.916. The number of methoxy groups -OCH3 is 1. The number of hydrogen-bond donors (Lipinski definition) is 1. The fourth-order valence-corrected chi connectivity index (χ4v) is 2.21. The standard InChI is InChI=1S/C13H19N3O2/c1-15-11-4-3-10(18-2)9-12(11)16(8-6-14)7-5-13(15)17/h3-4,9H,5-8,14H2,1-2H3. The van der Waals surface area contributed by atoms with E-state index < -0.39 is 0 Å². The van der Waals surface area contributed by atoms with Gasteiger partial charge in [-0.25, -0.2) is 0 Å². The van der Waals surface area contributed by atoms with Crippen molar-refractivity contribution in [3.63, 3.8) is 0 Å². The van der Waals surface area contributed by atoms with Crippen LogP contribution in [0.15, 0.2) is 18.2 Å². The summed E-state index contributed by atoms with van der Waals surface area (Å²) in [4.78, 5) is 15.8. The molecule has 1 amide bonds. The van der Waals surface area contributed by atoms with Crippen LogP contribution in [0, 0.1) is 0 Å². The van der Waals surface area contributed by atoms with Crippen molar-refractivity contribution in [2.45, 2.75) is 6.42 Å². The lowest BCUT2D eigenvalue weighted by molar-refractivity contribution is -0.118. The Balaban J connectivity index is 2.46. The Morgan fingerprint density at radius 1 is 1.39 bits per heavy atom. The summed E-state index contributed by atoms with van der Waals surface area (Å²) in [6.45, 7) is 2.00. The van der Waals surface area contributed by atoms with Crippen LogP contribution >= 0.6 is 0 Å². The number of fused-ring (bicyclic) bond motifs is 1. The van der Waals surface area contributed by atoms with Gasteiger partial charge in [0, 0.05) is 39.2 Å². The fraction of sp³-hybridized carbons (Fsp3) is 0.462. The Bertz CT molecular complexity index is 448. The SMILES string of the molecule is COc1ccc2c(c1)N(CCN)CCC(=O)N2C. The van der Waals surface area contributed by atoms with Crippen LogP contribution in [0.2, 0.25) is 0 Å². The van der Waals surface area contributed by atoms with Crippen molar-refractivity contribution in [2.24, 2.45) is 5.73 Å². The third kappa shape index (κ3) is 2.26. The molecule has 5 nitrogen and oxygen atoms in total. The maximum absolute atomic E-state index is 11.9. The van der Waals surface area contributed by atoms with E-state index in [0.29, 0.717) is 19.5 Å². The number of nitrogens with zero attached hydrogens (tertiary/aromatic N) is 2. The minimum absolute atomic E-state index is 0.126. The lowest BCUT2D eigenvalue weighted by Gasteiger charge is -2.25. The van der Waals surface area contributed by atoms with Gasteiger partial charge in [-0.3, -0.25) is 4.79 Å². The Kier molecular flexibility index (Phi) is 3.72. The average Bonchev–Trinajstić information content (AvgIpc) is 2.51. The number of carbonyl (C=O) groups is 1. The number of anilines is 2. The highest BCUT2D eigenvalue weighted by molar-refractivity contribution is 5.98. The number of benzene rings is 1. The molecule has 1 aromatic carbocycles. The molecule has 5 heteroatoms. The Labute approximate surface area is 107 Å². The smallest absolute Gasteiger partial charge is 0.228 e. The lowest BCUT2D eigenvalue weighted by atomic mass is 10.2. The van der Waals surface area contributed by atoms with E-state index in [1.54, 1.807) is 19.1 Å². The van der Waals surface area contributed by atoms with Crippen molar-refractivity contribution in [3.05, 3.63) is 18.2 Å². The highest BCUT2D eigenvalue weighted by atomic mass is 16.5. The molecule has 18 heavy (non-hydrogen) atoms. The summed E-state index contributed by atoms with van der Waals surface area (Å²) in [6.07, 6.45) is 0.507. The van der Waals surface area contributed by atoms with Crippen LogP contribution in [0.5, 0.6) is 5.75 Å². The second-order valence-corrected chi connectivity index (χ2v) is 4.33. The monoisotopic (exact) mass is 249 g/mol. The van der Waals surface area contributed by atoms with Crippen LogP contribution in [0.25, 0.3) is 0 Å². The summed E-state index contributed by atoms with van der Waals surface area (Å²) in [6, 6.07) is 5.75. The topological polar surface area (TPSA) is 58.8 Å². The van der Waals surface area contributed by atoms with Gasteiger partial charge in [0.2, 0.25) is 5.91 Å². The van der Waals surface area contributed by atoms with Crippen LogP contribution in [0.4, 0.5) is 11.4 Å². The van der Waals surface area contributed by atoms with Gasteiger partial charge in [0.15, 0.2) is 0 Å². The normalized spacial score (nSPS) is 15.4. The highest BCUT2D eigenvalue weighted by Crippen LogP contribution is 2.34. The molecule has 0 saturated carbocycles. The van der Waals surface area contributed by atoms with E-state index in [0.717, 1.165) is 23.7 Å². The molecule has 0 unspecified atom stereocenters. The van der Waals surface area contributed by atoms with Crippen LogP contribution < -0.4 is 20.3 Å². The fourth-order valence-electron chi connectivity index (χ4n) is 2.21. The maximum atomic E-state index is 11.9. The van der Waals surface area contributed by atoms with Crippen molar-refractivity contribution in [3.8, 4) is 5.75 Å². The van der Waals surface area contributed by atoms with Gasteiger partial charge in [0.1, 0.15) is 5.75 Å². The first-order chi connectivity index (χ1) is 8.67.